The van der Waals surface area contributed by atoms with Gasteiger partial charge in [-0.25, -0.2) is 14.2 Å². The van der Waals surface area contributed by atoms with Crippen molar-refractivity contribution in [2.75, 3.05) is 18.5 Å². The SMILES string of the molecule is O=C(NC(CCOC1CC(CCc2ccc3c(n2)NCCC3)C1)C(=O)O)c1cc(F)cc(Cl)c1. The first-order valence-corrected chi connectivity index (χ1v) is 12.1. The number of pyridine rings is 1. The second-order valence-corrected chi connectivity index (χ2v) is 9.46. The normalized spacial score (nSPS) is 19.9. The Morgan fingerprint density at radius 3 is 2.88 bits per heavy atom. The third-order valence-electron chi connectivity index (χ3n) is 6.44. The lowest BCUT2D eigenvalue weighted by molar-refractivity contribution is -0.140. The number of aliphatic carboxylic acids is 1. The summed E-state index contributed by atoms with van der Waals surface area (Å²) in [5, 5.41) is 15.3. The number of nitrogens with one attached hydrogen (secondary N) is 2. The lowest BCUT2D eigenvalue weighted by Crippen LogP contribution is -2.42. The van der Waals surface area contributed by atoms with Gasteiger partial charge in [-0.1, -0.05) is 17.7 Å². The number of aromatic nitrogens is 1. The number of carboxylic acid groups (broad SMARTS) is 1. The number of carbonyl (C=O) groups excluding carboxylic acids is 1. The summed E-state index contributed by atoms with van der Waals surface area (Å²) >= 11 is 5.77. The van der Waals surface area contributed by atoms with E-state index in [1.165, 1.54) is 11.6 Å². The highest BCUT2D eigenvalue weighted by atomic mass is 35.5. The molecule has 1 fully saturated rings. The van der Waals surface area contributed by atoms with Crippen LogP contribution in [0.3, 0.4) is 0 Å². The van der Waals surface area contributed by atoms with Gasteiger partial charge >= 0.3 is 5.97 Å². The molecule has 1 aliphatic carbocycles. The molecule has 0 bridgehead atoms. The molecule has 2 aromatic rings. The van der Waals surface area contributed by atoms with Crippen LogP contribution in [0.25, 0.3) is 0 Å². The Hall–Kier alpha value is -2.71. The minimum Gasteiger partial charge on any atom is -0.480 e. The van der Waals surface area contributed by atoms with Crippen molar-refractivity contribution in [1.29, 1.82) is 0 Å². The van der Waals surface area contributed by atoms with Gasteiger partial charge in [-0.3, -0.25) is 4.79 Å². The second kappa shape index (κ2) is 11.1. The standard InChI is InChI=1S/C25H29ClFN3O4/c26-18-12-17(13-19(27)14-18)24(31)30-22(25(32)33)7-9-34-21-10-15(11-21)3-5-20-6-4-16-2-1-8-28-23(16)29-20/h4,6,12-15,21-22H,1-3,5,7-11H2,(H,28,29)(H,30,31)(H,32,33). The van der Waals surface area contributed by atoms with Gasteiger partial charge < -0.3 is 20.5 Å². The number of fused-ring (bicyclic) bond motifs is 1. The van der Waals surface area contributed by atoms with Gasteiger partial charge in [0.2, 0.25) is 0 Å². The predicted octanol–water partition coefficient (Wildman–Crippen LogP) is 4.23. The molecule has 182 valence electrons. The monoisotopic (exact) mass is 489 g/mol. The van der Waals surface area contributed by atoms with Gasteiger partial charge in [0, 0.05) is 35.9 Å². The zero-order valence-corrected chi connectivity index (χ0v) is 19.6. The molecule has 2 heterocycles. The van der Waals surface area contributed by atoms with Crippen LogP contribution in [-0.4, -0.2) is 47.3 Å². The molecule has 7 nitrogen and oxygen atoms in total. The first-order valence-electron chi connectivity index (χ1n) is 11.7. The van der Waals surface area contributed by atoms with E-state index >= 15 is 0 Å². The average molecular weight is 490 g/mol. The van der Waals surface area contributed by atoms with Crippen molar-refractivity contribution in [1.82, 2.24) is 10.3 Å². The first kappa shape index (κ1) is 24.4. The lowest BCUT2D eigenvalue weighted by atomic mass is 9.79. The van der Waals surface area contributed by atoms with E-state index < -0.39 is 23.7 Å². The predicted molar refractivity (Wildman–Crippen MR) is 127 cm³/mol. The fraction of sp³-hybridized carbons (Fsp3) is 0.480. The van der Waals surface area contributed by atoms with Gasteiger partial charge in [0.15, 0.2) is 0 Å². The molecule has 1 aromatic heterocycles. The largest absolute Gasteiger partial charge is 0.480 e. The second-order valence-electron chi connectivity index (χ2n) is 9.02. The Kier molecular flexibility index (Phi) is 8.00. The van der Waals surface area contributed by atoms with Crippen LogP contribution >= 0.6 is 11.6 Å². The number of rotatable bonds is 10. The van der Waals surface area contributed by atoms with Crippen molar-refractivity contribution in [3.05, 3.63) is 58.0 Å². The number of hydrogen-bond donors (Lipinski definition) is 3. The number of aryl methyl sites for hydroxylation is 2. The molecular weight excluding hydrogens is 461 g/mol. The van der Waals surface area contributed by atoms with Gasteiger partial charge in [-0.05, 0) is 74.3 Å². The van der Waals surface area contributed by atoms with Crippen LogP contribution in [0, 0.1) is 11.7 Å². The van der Waals surface area contributed by atoms with Crippen molar-refractivity contribution in [3.8, 4) is 0 Å². The summed E-state index contributed by atoms with van der Waals surface area (Å²) in [6, 6.07) is 6.55. The Bertz CT molecular complexity index is 1020. The number of hydrogen-bond acceptors (Lipinski definition) is 5. The van der Waals surface area contributed by atoms with Crippen LogP contribution in [0.2, 0.25) is 5.02 Å². The van der Waals surface area contributed by atoms with Gasteiger partial charge in [-0.15, -0.1) is 0 Å². The van der Waals surface area contributed by atoms with Crippen molar-refractivity contribution < 1.29 is 23.8 Å². The van der Waals surface area contributed by atoms with E-state index in [0.717, 1.165) is 68.7 Å². The first-order chi connectivity index (χ1) is 16.4. The summed E-state index contributed by atoms with van der Waals surface area (Å²) in [4.78, 5) is 28.6. The number of ether oxygens (including phenoxy) is 1. The molecule has 0 radical (unpaired) electrons. The number of amides is 1. The average Bonchev–Trinajstić information content (AvgIpc) is 2.78. The molecule has 0 saturated heterocycles. The summed E-state index contributed by atoms with van der Waals surface area (Å²) in [6.07, 6.45) is 6.33. The minimum absolute atomic E-state index is 0.0248. The number of nitrogens with zero attached hydrogens (tertiary/aromatic N) is 1. The third-order valence-corrected chi connectivity index (χ3v) is 6.66. The summed E-state index contributed by atoms with van der Waals surface area (Å²) < 4.78 is 19.3. The number of benzene rings is 1. The smallest absolute Gasteiger partial charge is 0.326 e. The van der Waals surface area contributed by atoms with Crippen molar-refractivity contribution >= 4 is 29.3 Å². The van der Waals surface area contributed by atoms with Crippen molar-refractivity contribution in [2.24, 2.45) is 5.92 Å². The molecule has 1 amide bonds. The highest BCUT2D eigenvalue weighted by Crippen LogP contribution is 2.34. The van der Waals surface area contributed by atoms with E-state index in [1.54, 1.807) is 0 Å². The highest BCUT2D eigenvalue weighted by molar-refractivity contribution is 6.31. The number of carboxylic acids is 1. The van der Waals surface area contributed by atoms with E-state index in [9.17, 15) is 19.1 Å². The van der Waals surface area contributed by atoms with E-state index in [-0.39, 0.29) is 29.7 Å². The zero-order chi connectivity index (χ0) is 24.1. The molecule has 1 atom stereocenters. The summed E-state index contributed by atoms with van der Waals surface area (Å²) in [7, 11) is 0. The highest BCUT2D eigenvalue weighted by Gasteiger charge is 2.30. The Morgan fingerprint density at radius 2 is 2.12 bits per heavy atom. The molecule has 1 aliphatic heterocycles. The number of anilines is 1. The molecule has 3 N–H and O–H groups in total. The molecule has 1 unspecified atom stereocenters. The van der Waals surface area contributed by atoms with Gasteiger partial charge in [-0.2, -0.15) is 0 Å². The molecule has 9 heteroatoms. The van der Waals surface area contributed by atoms with Crippen LogP contribution in [0.5, 0.6) is 0 Å². The topological polar surface area (TPSA) is 101 Å². The maximum Gasteiger partial charge on any atom is 0.326 e. The van der Waals surface area contributed by atoms with Crippen LogP contribution < -0.4 is 10.6 Å². The molecule has 1 aromatic carbocycles. The van der Waals surface area contributed by atoms with Crippen LogP contribution in [-0.2, 0) is 22.4 Å². The molecule has 0 spiro atoms. The van der Waals surface area contributed by atoms with Gasteiger partial charge in [0.05, 0.1) is 6.10 Å². The fourth-order valence-electron chi connectivity index (χ4n) is 4.44. The minimum atomic E-state index is -1.17. The fourth-order valence-corrected chi connectivity index (χ4v) is 4.66. The van der Waals surface area contributed by atoms with Crippen LogP contribution in [0.4, 0.5) is 10.2 Å². The van der Waals surface area contributed by atoms with E-state index in [0.29, 0.717) is 5.92 Å². The summed E-state index contributed by atoms with van der Waals surface area (Å²) in [6.45, 7) is 1.20. The molecule has 34 heavy (non-hydrogen) atoms. The number of halogens is 2. The van der Waals surface area contributed by atoms with Crippen LogP contribution in [0.1, 0.15) is 53.7 Å². The van der Waals surface area contributed by atoms with E-state index in [1.807, 2.05) is 0 Å². The Labute approximate surface area is 203 Å². The van der Waals surface area contributed by atoms with Crippen LogP contribution in [0.15, 0.2) is 30.3 Å². The molecular formula is C25H29ClFN3O4. The molecule has 4 rings (SSSR count). The maximum absolute atomic E-state index is 13.5. The summed E-state index contributed by atoms with van der Waals surface area (Å²) in [5.74, 6) is -0.921. The molecule has 2 aliphatic rings. The Morgan fingerprint density at radius 1 is 1.29 bits per heavy atom. The quantitative estimate of drug-likeness (QED) is 0.461. The number of carbonyl (C=O) groups is 2. The van der Waals surface area contributed by atoms with Gasteiger partial charge in [0.25, 0.3) is 5.91 Å². The van der Waals surface area contributed by atoms with Crippen molar-refractivity contribution in [2.45, 2.75) is 57.1 Å². The van der Waals surface area contributed by atoms with Crippen molar-refractivity contribution in [3.63, 3.8) is 0 Å². The maximum atomic E-state index is 13.5. The zero-order valence-electron chi connectivity index (χ0n) is 18.9. The van der Waals surface area contributed by atoms with E-state index in [2.05, 4.69) is 22.8 Å². The Balaban J connectivity index is 1.16. The molecule has 1 saturated carbocycles. The third kappa shape index (κ3) is 6.45. The van der Waals surface area contributed by atoms with E-state index in [4.69, 9.17) is 21.3 Å². The summed E-state index contributed by atoms with van der Waals surface area (Å²) in [5.41, 5.74) is 2.38. The lowest BCUT2D eigenvalue weighted by Gasteiger charge is -2.35. The van der Waals surface area contributed by atoms with Gasteiger partial charge in [0.1, 0.15) is 17.7 Å².